The highest BCUT2D eigenvalue weighted by Gasteiger charge is 2.40. The predicted octanol–water partition coefficient (Wildman–Crippen LogP) is 16.6. The lowest BCUT2D eigenvalue weighted by Gasteiger charge is -2.29. The maximum Gasteiger partial charge on any atom is 0.140 e. The third-order valence-corrected chi connectivity index (χ3v) is 14.8. The molecule has 59 heavy (non-hydrogen) atoms. The summed E-state index contributed by atoms with van der Waals surface area (Å²) in [6, 6.07) is 48.5. The zero-order valence-corrected chi connectivity index (χ0v) is 36.7. The molecule has 0 amide bonds. The Labute approximate surface area is 352 Å². The zero-order valence-electron chi connectivity index (χ0n) is 35.9. The van der Waals surface area contributed by atoms with Gasteiger partial charge in [-0.05, 0) is 110 Å². The number of nitrogens with zero attached hydrogens (tertiary/aromatic N) is 1. The summed E-state index contributed by atoms with van der Waals surface area (Å²) in [6.07, 6.45) is 0. The van der Waals surface area contributed by atoms with Crippen LogP contribution in [0.3, 0.4) is 0 Å². The highest BCUT2D eigenvalue weighted by molar-refractivity contribution is 7.25. The number of thiophene rings is 1. The van der Waals surface area contributed by atoms with Gasteiger partial charge in [-0.3, -0.25) is 0 Å². The molecule has 0 bridgehead atoms. The van der Waals surface area contributed by atoms with Crippen LogP contribution in [0.25, 0.3) is 64.4 Å². The Bertz CT molecular complexity index is 3240. The Balaban J connectivity index is 1.11. The minimum absolute atomic E-state index is 0.0202. The van der Waals surface area contributed by atoms with Crippen molar-refractivity contribution >= 4 is 70.5 Å². The number of anilines is 3. The van der Waals surface area contributed by atoms with Crippen LogP contribution < -0.4 is 4.90 Å². The summed E-state index contributed by atoms with van der Waals surface area (Å²) in [4.78, 5) is 2.49. The number of hydrogen-bond acceptors (Lipinski definition) is 3. The molecular weight excluding hydrogens is 735 g/mol. The molecule has 2 aliphatic carbocycles. The second kappa shape index (κ2) is 12.0. The van der Waals surface area contributed by atoms with Crippen LogP contribution >= 0.6 is 11.3 Å². The van der Waals surface area contributed by atoms with Crippen molar-refractivity contribution < 1.29 is 4.42 Å². The van der Waals surface area contributed by atoms with E-state index in [0.29, 0.717) is 0 Å². The van der Waals surface area contributed by atoms with Gasteiger partial charge in [0.15, 0.2) is 0 Å². The number of furan rings is 1. The number of rotatable bonds is 3. The summed E-state index contributed by atoms with van der Waals surface area (Å²) in [5.74, 6) is 0. The maximum absolute atomic E-state index is 7.15. The van der Waals surface area contributed by atoms with Crippen molar-refractivity contribution in [1.82, 2.24) is 0 Å². The van der Waals surface area contributed by atoms with Gasteiger partial charge in [0, 0.05) is 70.0 Å². The van der Waals surface area contributed by atoms with Crippen molar-refractivity contribution in [2.45, 2.75) is 90.9 Å². The normalized spacial score (nSPS) is 15.2. The van der Waals surface area contributed by atoms with E-state index in [4.69, 9.17) is 4.42 Å². The average Bonchev–Trinajstić information content (AvgIpc) is 3.89. The SMILES string of the molecule is CC(C)(C)c1cc(C(C)(C)C)c2oc3c4c(ccc3c2c1)-c1ccc(N(c2ccc3c(c2)C(C)(C)c2ccccc2-3)c2ccc3c(c2)sc2ccccc23)cc1C4(C)C. The van der Waals surface area contributed by atoms with Gasteiger partial charge >= 0.3 is 0 Å². The van der Waals surface area contributed by atoms with E-state index in [9.17, 15) is 0 Å². The third-order valence-electron chi connectivity index (χ3n) is 13.7. The Morgan fingerprint density at radius 3 is 1.76 bits per heavy atom. The smallest absolute Gasteiger partial charge is 0.140 e. The first-order valence-corrected chi connectivity index (χ1v) is 22.0. The van der Waals surface area contributed by atoms with E-state index in [1.165, 1.54) is 92.3 Å². The molecule has 0 unspecified atom stereocenters. The van der Waals surface area contributed by atoms with Crippen LogP contribution in [0, 0.1) is 0 Å². The highest BCUT2D eigenvalue weighted by Crippen LogP contribution is 2.56. The van der Waals surface area contributed by atoms with E-state index in [2.05, 4.69) is 202 Å². The molecule has 0 aliphatic heterocycles. The van der Waals surface area contributed by atoms with E-state index < -0.39 is 0 Å². The summed E-state index contributed by atoms with van der Waals surface area (Å²) in [5, 5.41) is 5.05. The lowest BCUT2D eigenvalue weighted by atomic mass is 9.79. The Morgan fingerprint density at radius 1 is 0.458 bits per heavy atom. The van der Waals surface area contributed by atoms with Crippen molar-refractivity contribution in [3.05, 3.63) is 161 Å². The van der Waals surface area contributed by atoms with Gasteiger partial charge in [0.2, 0.25) is 0 Å². The minimum atomic E-state index is -0.300. The first kappa shape index (κ1) is 36.4. The number of benzene rings is 7. The fourth-order valence-electron chi connectivity index (χ4n) is 10.5. The number of fused-ring (bicyclic) bond motifs is 13. The van der Waals surface area contributed by atoms with Crippen LogP contribution in [-0.2, 0) is 21.7 Å². The monoisotopic (exact) mass is 785 g/mol. The van der Waals surface area contributed by atoms with E-state index >= 15 is 0 Å². The standard InChI is InChI=1S/C56H51NOS/c1-53(2,3)32-27-43-42-26-25-41-38-23-20-34(30-46(38)56(9,10)50(41)52(42)58-51(43)47(28-32)54(4,5)6)57(35-21-24-40-39-16-12-14-18-48(39)59-49(40)31-35)33-19-22-37-36-15-11-13-17-44(36)55(7,8)45(37)29-33/h11-31H,1-10H3. The van der Waals surface area contributed by atoms with Gasteiger partial charge in [0.25, 0.3) is 0 Å². The molecule has 11 rings (SSSR count). The summed E-state index contributed by atoms with van der Waals surface area (Å²) in [5.41, 5.74) is 18.3. The van der Waals surface area contributed by atoms with Crippen LogP contribution in [0.2, 0.25) is 0 Å². The summed E-state index contributed by atoms with van der Waals surface area (Å²) in [6.45, 7) is 23.4. The minimum Gasteiger partial charge on any atom is -0.455 e. The molecule has 292 valence electrons. The zero-order chi connectivity index (χ0) is 41.0. The molecule has 0 atom stereocenters. The molecule has 0 saturated carbocycles. The van der Waals surface area contributed by atoms with Gasteiger partial charge < -0.3 is 9.32 Å². The Hall–Kier alpha value is -5.64. The molecule has 3 heteroatoms. The first-order valence-electron chi connectivity index (χ1n) is 21.2. The maximum atomic E-state index is 7.15. The molecular formula is C56H51NOS. The van der Waals surface area contributed by atoms with Crippen LogP contribution in [0.1, 0.15) is 103 Å². The van der Waals surface area contributed by atoms with Crippen molar-refractivity contribution in [2.24, 2.45) is 0 Å². The molecule has 9 aromatic rings. The fraction of sp³-hybridized carbons (Fsp3) is 0.250. The molecule has 2 aromatic heterocycles. The van der Waals surface area contributed by atoms with Gasteiger partial charge in [-0.25, -0.2) is 0 Å². The lowest BCUT2D eigenvalue weighted by molar-refractivity contribution is 0.556. The topological polar surface area (TPSA) is 16.4 Å². The van der Waals surface area contributed by atoms with Crippen LogP contribution in [0.15, 0.2) is 132 Å². The van der Waals surface area contributed by atoms with Gasteiger partial charge in [0.05, 0.1) is 0 Å². The highest BCUT2D eigenvalue weighted by atomic mass is 32.1. The van der Waals surface area contributed by atoms with Crippen molar-refractivity contribution in [1.29, 1.82) is 0 Å². The van der Waals surface area contributed by atoms with E-state index in [0.717, 1.165) is 22.5 Å². The van der Waals surface area contributed by atoms with E-state index in [1.54, 1.807) is 0 Å². The summed E-state index contributed by atoms with van der Waals surface area (Å²) < 4.78 is 9.77. The summed E-state index contributed by atoms with van der Waals surface area (Å²) >= 11 is 1.88. The molecule has 2 nitrogen and oxygen atoms in total. The van der Waals surface area contributed by atoms with Crippen molar-refractivity contribution in [3.63, 3.8) is 0 Å². The molecule has 0 saturated heterocycles. The van der Waals surface area contributed by atoms with Crippen LogP contribution in [0.5, 0.6) is 0 Å². The second-order valence-corrected chi connectivity index (χ2v) is 21.3. The van der Waals surface area contributed by atoms with Gasteiger partial charge in [0.1, 0.15) is 11.2 Å². The predicted molar refractivity (Wildman–Crippen MR) is 254 cm³/mol. The Kier molecular flexibility index (Phi) is 7.40. The number of hydrogen-bond donors (Lipinski definition) is 0. The third kappa shape index (κ3) is 5.16. The van der Waals surface area contributed by atoms with Crippen LogP contribution in [-0.4, -0.2) is 0 Å². The molecule has 0 spiro atoms. The second-order valence-electron chi connectivity index (χ2n) is 20.2. The van der Waals surface area contributed by atoms with E-state index in [-0.39, 0.29) is 21.7 Å². The Morgan fingerprint density at radius 2 is 1.03 bits per heavy atom. The molecule has 2 aliphatic rings. The lowest BCUT2D eigenvalue weighted by Crippen LogP contribution is -2.18. The molecule has 7 aromatic carbocycles. The molecule has 0 fully saturated rings. The quantitative estimate of drug-likeness (QED) is 0.177. The fourth-order valence-corrected chi connectivity index (χ4v) is 11.6. The largest absolute Gasteiger partial charge is 0.455 e. The van der Waals surface area contributed by atoms with E-state index in [1.807, 2.05) is 11.3 Å². The summed E-state index contributed by atoms with van der Waals surface area (Å²) in [7, 11) is 0. The molecule has 0 radical (unpaired) electrons. The molecule has 2 heterocycles. The van der Waals surface area contributed by atoms with Gasteiger partial charge in [-0.1, -0.05) is 142 Å². The van der Waals surface area contributed by atoms with Gasteiger partial charge in [-0.15, -0.1) is 11.3 Å². The van der Waals surface area contributed by atoms with Crippen LogP contribution in [0.4, 0.5) is 17.1 Å². The molecule has 0 N–H and O–H groups in total. The van der Waals surface area contributed by atoms with Gasteiger partial charge in [-0.2, -0.15) is 0 Å². The van der Waals surface area contributed by atoms with Crippen molar-refractivity contribution in [3.8, 4) is 22.3 Å². The first-order chi connectivity index (χ1) is 28.0. The van der Waals surface area contributed by atoms with Crippen molar-refractivity contribution in [2.75, 3.05) is 4.90 Å². The average molecular weight is 786 g/mol.